The molecule has 0 radical (unpaired) electrons. The molecule has 0 saturated carbocycles. The van der Waals surface area contributed by atoms with Crippen LogP contribution in [0, 0.1) is 5.92 Å². The van der Waals surface area contributed by atoms with Crippen LogP contribution in [0.2, 0.25) is 0 Å². The SMILES string of the molecule is COc1ccc2nc(NC3CCN(C)CC3C)sc2c1. The van der Waals surface area contributed by atoms with Gasteiger partial charge in [-0.15, -0.1) is 0 Å². The number of ether oxygens (including phenoxy) is 1. The van der Waals surface area contributed by atoms with Gasteiger partial charge in [0.2, 0.25) is 0 Å². The lowest BCUT2D eigenvalue weighted by Gasteiger charge is -2.35. The fourth-order valence-corrected chi connectivity index (χ4v) is 3.78. The summed E-state index contributed by atoms with van der Waals surface area (Å²) in [7, 11) is 3.89. The number of aromatic nitrogens is 1. The highest BCUT2D eigenvalue weighted by Gasteiger charge is 2.24. The van der Waals surface area contributed by atoms with E-state index in [2.05, 4.69) is 35.2 Å². The zero-order valence-electron chi connectivity index (χ0n) is 12.2. The lowest BCUT2D eigenvalue weighted by atomic mass is 9.94. The van der Waals surface area contributed by atoms with Crippen LogP contribution in [0.25, 0.3) is 10.2 Å². The average molecular weight is 291 g/mol. The van der Waals surface area contributed by atoms with Crippen LogP contribution in [0.4, 0.5) is 5.13 Å². The Morgan fingerprint density at radius 1 is 1.45 bits per heavy atom. The highest BCUT2D eigenvalue weighted by atomic mass is 32.1. The van der Waals surface area contributed by atoms with Gasteiger partial charge < -0.3 is 15.0 Å². The molecule has 0 bridgehead atoms. The Morgan fingerprint density at radius 3 is 3.05 bits per heavy atom. The van der Waals surface area contributed by atoms with Crippen LogP contribution in [0.3, 0.4) is 0 Å². The summed E-state index contributed by atoms with van der Waals surface area (Å²) in [5.41, 5.74) is 1.04. The van der Waals surface area contributed by atoms with Gasteiger partial charge in [0.15, 0.2) is 5.13 Å². The van der Waals surface area contributed by atoms with Gasteiger partial charge in [-0.2, -0.15) is 0 Å². The maximum atomic E-state index is 5.26. The first kappa shape index (κ1) is 13.6. The van der Waals surface area contributed by atoms with E-state index in [4.69, 9.17) is 4.74 Å². The van der Waals surface area contributed by atoms with Crippen molar-refractivity contribution in [1.82, 2.24) is 9.88 Å². The quantitative estimate of drug-likeness (QED) is 0.943. The summed E-state index contributed by atoms with van der Waals surface area (Å²) in [6.07, 6.45) is 1.18. The molecular weight excluding hydrogens is 270 g/mol. The Balaban J connectivity index is 1.77. The maximum absolute atomic E-state index is 5.26. The van der Waals surface area contributed by atoms with E-state index < -0.39 is 0 Å². The third-order valence-electron chi connectivity index (χ3n) is 4.01. The molecule has 0 spiro atoms. The minimum Gasteiger partial charge on any atom is -0.497 e. The van der Waals surface area contributed by atoms with Crippen LogP contribution < -0.4 is 10.1 Å². The number of nitrogens with zero attached hydrogens (tertiary/aromatic N) is 2. The van der Waals surface area contributed by atoms with Crippen molar-refractivity contribution in [2.45, 2.75) is 19.4 Å². The number of benzene rings is 1. The number of hydrogen-bond donors (Lipinski definition) is 1. The van der Waals surface area contributed by atoms with E-state index in [-0.39, 0.29) is 0 Å². The van der Waals surface area contributed by atoms with Crippen molar-refractivity contribution in [3.8, 4) is 5.75 Å². The van der Waals surface area contributed by atoms with Crippen LogP contribution in [-0.2, 0) is 0 Å². The van der Waals surface area contributed by atoms with E-state index in [1.807, 2.05) is 12.1 Å². The molecule has 3 rings (SSSR count). The number of piperidine rings is 1. The number of anilines is 1. The topological polar surface area (TPSA) is 37.4 Å². The van der Waals surface area contributed by atoms with Crippen molar-refractivity contribution >= 4 is 26.7 Å². The third-order valence-corrected chi connectivity index (χ3v) is 4.96. The Bertz CT molecular complexity index is 598. The van der Waals surface area contributed by atoms with Crippen LogP contribution >= 0.6 is 11.3 Å². The van der Waals surface area contributed by atoms with Crippen LogP contribution in [0.5, 0.6) is 5.75 Å². The second-order valence-corrected chi connectivity index (χ2v) is 6.66. The molecule has 2 atom stereocenters. The number of rotatable bonds is 3. The fraction of sp³-hybridized carbons (Fsp3) is 0.533. The van der Waals surface area contributed by atoms with Gasteiger partial charge >= 0.3 is 0 Å². The van der Waals surface area contributed by atoms with Gasteiger partial charge in [0.1, 0.15) is 5.75 Å². The van der Waals surface area contributed by atoms with Gasteiger partial charge in [0, 0.05) is 12.6 Å². The van der Waals surface area contributed by atoms with Gasteiger partial charge in [-0.3, -0.25) is 0 Å². The molecule has 2 heterocycles. The Morgan fingerprint density at radius 2 is 2.30 bits per heavy atom. The first-order valence-corrected chi connectivity index (χ1v) is 7.87. The predicted octanol–water partition coefficient (Wildman–Crippen LogP) is 3.06. The largest absolute Gasteiger partial charge is 0.497 e. The average Bonchev–Trinajstić information content (AvgIpc) is 2.83. The number of fused-ring (bicyclic) bond motifs is 1. The number of nitrogens with one attached hydrogen (secondary N) is 1. The van der Waals surface area contributed by atoms with Crippen molar-refractivity contribution in [2.75, 3.05) is 32.6 Å². The Hall–Kier alpha value is -1.33. The molecule has 2 aromatic rings. The Kier molecular flexibility index (Phi) is 3.81. The number of hydrogen-bond acceptors (Lipinski definition) is 5. The molecule has 4 nitrogen and oxygen atoms in total. The van der Waals surface area contributed by atoms with E-state index >= 15 is 0 Å². The molecular formula is C15H21N3OS. The van der Waals surface area contributed by atoms with Gasteiger partial charge in [-0.05, 0) is 44.1 Å². The summed E-state index contributed by atoms with van der Waals surface area (Å²) in [4.78, 5) is 7.07. The van der Waals surface area contributed by atoms with Gasteiger partial charge in [0.25, 0.3) is 0 Å². The maximum Gasteiger partial charge on any atom is 0.184 e. The fourth-order valence-electron chi connectivity index (χ4n) is 2.82. The van der Waals surface area contributed by atoms with Crippen molar-refractivity contribution < 1.29 is 4.74 Å². The molecule has 1 aromatic heterocycles. The van der Waals surface area contributed by atoms with Crippen molar-refractivity contribution in [3.05, 3.63) is 18.2 Å². The van der Waals surface area contributed by atoms with Crippen LogP contribution in [-0.4, -0.2) is 43.2 Å². The van der Waals surface area contributed by atoms with Gasteiger partial charge in [0.05, 0.1) is 17.3 Å². The second kappa shape index (κ2) is 5.58. The molecule has 0 aliphatic carbocycles. The smallest absolute Gasteiger partial charge is 0.184 e. The van der Waals surface area contributed by atoms with Gasteiger partial charge in [-0.1, -0.05) is 18.3 Å². The highest BCUT2D eigenvalue weighted by molar-refractivity contribution is 7.22. The minimum absolute atomic E-state index is 0.522. The molecule has 1 fully saturated rings. The number of likely N-dealkylation sites (tertiary alicyclic amines) is 1. The Labute approximate surface area is 123 Å². The molecule has 2 unspecified atom stereocenters. The van der Waals surface area contributed by atoms with Crippen LogP contribution in [0.1, 0.15) is 13.3 Å². The zero-order chi connectivity index (χ0) is 14.1. The summed E-state index contributed by atoms with van der Waals surface area (Å²) >= 11 is 1.71. The summed E-state index contributed by atoms with van der Waals surface area (Å²) in [6.45, 7) is 4.61. The lowest BCUT2D eigenvalue weighted by Crippen LogP contribution is -2.43. The summed E-state index contributed by atoms with van der Waals surface area (Å²) in [6, 6.07) is 6.56. The first-order chi connectivity index (χ1) is 9.65. The lowest BCUT2D eigenvalue weighted by molar-refractivity contribution is 0.206. The van der Waals surface area contributed by atoms with Crippen LogP contribution in [0.15, 0.2) is 18.2 Å². The normalized spacial score (nSPS) is 23.9. The molecule has 1 aromatic carbocycles. The predicted molar refractivity (Wildman–Crippen MR) is 84.9 cm³/mol. The molecule has 1 N–H and O–H groups in total. The number of methoxy groups -OCH3 is 1. The van der Waals surface area contributed by atoms with Gasteiger partial charge in [-0.25, -0.2) is 4.98 Å². The zero-order valence-corrected chi connectivity index (χ0v) is 13.0. The van der Waals surface area contributed by atoms with E-state index in [1.54, 1.807) is 18.4 Å². The molecule has 1 saturated heterocycles. The van der Waals surface area contributed by atoms with E-state index in [0.29, 0.717) is 12.0 Å². The molecule has 0 amide bonds. The molecule has 1 aliphatic rings. The van der Waals surface area contributed by atoms with Crippen molar-refractivity contribution in [2.24, 2.45) is 5.92 Å². The third kappa shape index (κ3) is 2.74. The first-order valence-electron chi connectivity index (χ1n) is 7.05. The van der Waals surface area contributed by atoms with E-state index in [0.717, 1.165) is 29.5 Å². The van der Waals surface area contributed by atoms with E-state index in [9.17, 15) is 0 Å². The second-order valence-electron chi connectivity index (χ2n) is 5.63. The standard InChI is InChI=1S/C15H21N3OS/c1-10-9-18(2)7-6-12(10)16-15-17-13-5-4-11(19-3)8-14(13)20-15/h4-5,8,10,12H,6-7,9H2,1-3H3,(H,16,17). The monoisotopic (exact) mass is 291 g/mol. The summed E-state index contributed by atoms with van der Waals surface area (Å²) < 4.78 is 6.44. The van der Waals surface area contributed by atoms with E-state index in [1.165, 1.54) is 11.1 Å². The minimum atomic E-state index is 0.522. The van der Waals surface area contributed by atoms with Crippen molar-refractivity contribution in [1.29, 1.82) is 0 Å². The molecule has 5 heteroatoms. The molecule has 20 heavy (non-hydrogen) atoms. The highest BCUT2D eigenvalue weighted by Crippen LogP contribution is 2.31. The number of thiazole rings is 1. The van der Waals surface area contributed by atoms with Crippen molar-refractivity contribution in [3.63, 3.8) is 0 Å². The summed E-state index contributed by atoms with van der Waals surface area (Å²) in [5.74, 6) is 1.54. The summed E-state index contributed by atoms with van der Waals surface area (Å²) in [5, 5.41) is 4.64. The molecule has 108 valence electrons. The molecule has 1 aliphatic heterocycles.